The number of pyridine rings is 1. The number of carbonyl (C=O) groups is 1. The van der Waals surface area contributed by atoms with Gasteiger partial charge in [0.05, 0.1) is 0 Å². The minimum Gasteiger partial charge on any atom is -0.349 e. The summed E-state index contributed by atoms with van der Waals surface area (Å²) in [5, 5.41) is 12.5. The van der Waals surface area contributed by atoms with Crippen LogP contribution in [-0.4, -0.2) is 31.7 Å². The molecule has 5 rings (SSSR count). The van der Waals surface area contributed by atoms with Gasteiger partial charge in [-0.1, -0.05) is 23.9 Å². The zero-order valence-electron chi connectivity index (χ0n) is 17.1. The summed E-state index contributed by atoms with van der Waals surface area (Å²) in [6.07, 6.45) is 5.53. The lowest BCUT2D eigenvalue weighted by molar-refractivity contribution is 0.0951. The fourth-order valence-corrected chi connectivity index (χ4v) is 4.18. The second kappa shape index (κ2) is 8.92. The van der Waals surface area contributed by atoms with Gasteiger partial charge < -0.3 is 5.32 Å². The fraction of sp³-hybridized carbons (Fsp3) is 0.167. The zero-order valence-corrected chi connectivity index (χ0v) is 17.9. The van der Waals surface area contributed by atoms with E-state index >= 15 is 0 Å². The highest BCUT2D eigenvalue weighted by molar-refractivity contribution is 7.98. The number of benzene rings is 2. The molecule has 4 aromatic rings. The molecule has 1 amide bonds. The minimum atomic E-state index is -0.299. The number of aromatic nitrogens is 4. The van der Waals surface area contributed by atoms with E-state index in [1.165, 1.54) is 23.9 Å². The lowest BCUT2D eigenvalue weighted by Gasteiger charge is -2.10. The number of amides is 1. The maximum Gasteiger partial charge on any atom is 0.251 e. The van der Waals surface area contributed by atoms with E-state index in [0.717, 1.165) is 29.7 Å². The Morgan fingerprint density at radius 3 is 2.41 bits per heavy atom. The summed E-state index contributed by atoms with van der Waals surface area (Å²) in [5.74, 6) is 0.992. The highest BCUT2D eigenvalue weighted by atomic mass is 32.2. The normalized spacial score (nSPS) is 13.2. The third-order valence-corrected chi connectivity index (χ3v) is 6.15. The molecule has 0 radical (unpaired) electrons. The van der Waals surface area contributed by atoms with Crippen LogP contribution in [0.15, 0.2) is 78.2 Å². The first-order valence-corrected chi connectivity index (χ1v) is 11.3. The van der Waals surface area contributed by atoms with Crippen molar-refractivity contribution in [3.63, 3.8) is 0 Å². The van der Waals surface area contributed by atoms with Crippen molar-refractivity contribution in [2.75, 3.05) is 0 Å². The van der Waals surface area contributed by atoms with Gasteiger partial charge in [-0.05, 0) is 66.9 Å². The summed E-state index contributed by atoms with van der Waals surface area (Å²) in [4.78, 5) is 16.2. The van der Waals surface area contributed by atoms with Crippen LogP contribution in [0.5, 0.6) is 0 Å². The van der Waals surface area contributed by atoms with Crippen molar-refractivity contribution in [2.24, 2.45) is 0 Å². The zero-order chi connectivity index (χ0) is 21.9. The number of thioether (sulfide) groups is 1. The molecule has 0 aliphatic heterocycles. The predicted molar refractivity (Wildman–Crippen MR) is 121 cm³/mol. The molecule has 1 saturated carbocycles. The first kappa shape index (κ1) is 20.4. The molecule has 2 aromatic carbocycles. The van der Waals surface area contributed by atoms with Crippen molar-refractivity contribution in [1.29, 1.82) is 0 Å². The molecule has 160 valence electrons. The SMILES string of the molecule is O=C(NC1CC1)c1ccc(CSc2nnc(-c3ccncc3)n2-c2ccc(F)cc2)cc1. The van der Waals surface area contributed by atoms with E-state index in [4.69, 9.17) is 0 Å². The molecule has 2 aromatic heterocycles. The van der Waals surface area contributed by atoms with Gasteiger partial charge in [0, 0.05) is 41.0 Å². The summed E-state index contributed by atoms with van der Waals surface area (Å²) in [5.41, 5.74) is 3.38. The van der Waals surface area contributed by atoms with E-state index in [-0.39, 0.29) is 11.7 Å². The van der Waals surface area contributed by atoms with Gasteiger partial charge in [-0.25, -0.2) is 4.39 Å². The van der Waals surface area contributed by atoms with Crippen molar-refractivity contribution < 1.29 is 9.18 Å². The van der Waals surface area contributed by atoms with E-state index in [0.29, 0.717) is 28.3 Å². The van der Waals surface area contributed by atoms with Crippen molar-refractivity contribution in [3.8, 4) is 17.1 Å². The van der Waals surface area contributed by atoms with Gasteiger partial charge in [0.1, 0.15) is 5.82 Å². The van der Waals surface area contributed by atoms with Gasteiger partial charge in [-0.3, -0.25) is 14.3 Å². The molecule has 0 atom stereocenters. The van der Waals surface area contributed by atoms with Gasteiger partial charge in [-0.2, -0.15) is 0 Å². The Morgan fingerprint density at radius 2 is 1.72 bits per heavy atom. The molecule has 1 fully saturated rings. The summed E-state index contributed by atoms with van der Waals surface area (Å²) in [7, 11) is 0. The third-order valence-electron chi connectivity index (χ3n) is 5.15. The van der Waals surface area contributed by atoms with Crippen LogP contribution in [0.4, 0.5) is 4.39 Å². The Bertz CT molecular complexity index is 1220. The smallest absolute Gasteiger partial charge is 0.251 e. The Morgan fingerprint density at radius 1 is 1.00 bits per heavy atom. The number of rotatable bonds is 7. The minimum absolute atomic E-state index is 0.0234. The largest absolute Gasteiger partial charge is 0.349 e. The second-order valence-corrected chi connectivity index (χ2v) is 8.53. The molecule has 6 nitrogen and oxygen atoms in total. The van der Waals surface area contributed by atoms with Crippen LogP contribution >= 0.6 is 11.8 Å². The summed E-state index contributed by atoms with van der Waals surface area (Å²) >= 11 is 1.53. The van der Waals surface area contributed by atoms with E-state index in [1.807, 2.05) is 41.0 Å². The summed E-state index contributed by atoms with van der Waals surface area (Å²) in [6, 6.07) is 17.9. The molecular formula is C24H20FN5OS. The Hall–Kier alpha value is -3.52. The first-order valence-electron chi connectivity index (χ1n) is 10.3. The van der Waals surface area contributed by atoms with Gasteiger partial charge in [0.25, 0.3) is 5.91 Å². The maximum absolute atomic E-state index is 13.5. The first-order chi connectivity index (χ1) is 15.7. The molecule has 0 unspecified atom stereocenters. The molecule has 8 heteroatoms. The van der Waals surface area contributed by atoms with Crippen LogP contribution in [-0.2, 0) is 5.75 Å². The molecule has 1 aliphatic rings. The van der Waals surface area contributed by atoms with Crippen LogP contribution in [0.25, 0.3) is 17.1 Å². The van der Waals surface area contributed by atoms with E-state index in [9.17, 15) is 9.18 Å². The van der Waals surface area contributed by atoms with Crippen LogP contribution < -0.4 is 5.32 Å². The van der Waals surface area contributed by atoms with Crippen LogP contribution in [0, 0.1) is 5.82 Å². The average molecular weight is 446 g/mol. The monoisotopic (exact) mass is 445 g/mol. The molecule has 0 bridgehead atoms. The Kier molecular flexibility index (Phi) is 5.68. The number of hydrogen-bond acceptors (Lipinski definition) is 5. The van der Waals surface area contributed by atoms with Crippen LogP contribution in [0.1, 0.15) is 28.8 Å². The molecule has 1 N–H and O–H groups in total. The van der Waals surface area contributed by atoms with Gasteiger partial charge in [-0.15, -0.1) is 10.2 Å². The number of nitrogens with zero attached hydrogens (tertiary/aromatic N) is 4. The third kappa shape index (κ3) is 4.55. The molecule has 0 saturated heterocycles. The van der Waals surface area contributed by atoms with Gasteiger partial charge >= 0.3 is 0 Å². The van der Waals surface area contributed by atoms with Crippen molar-refractivity contribution in [2.45, 2.75) is 29.8 Å². The lowest BCUT2D eigenvalue weighted by atomic mass is 10.1. The van der Waals surface area contributed by atoms with Gasteiger partial charge in [0.2, 0.25) is 0 Å². The number of nitrogens with one attached hydrogen (secondary N) is 1. The highest BCUT2D eigenvalue weighted by Crippen LogP contribution is 2.30. The molecule has 32 heavy (non-hydrogen) atoms. The van der Waals surface area contributed by atoms with E-state index in [2.05, 4.69) is 20.5 Å². The van der Waals surface area contributed by atoms with Crippen molar-refractivity contribution in [3.05, 3.63) is 90.0 Å². The molecular weight excluding hydrogens is 425 g/mol. The van der Waals surface area contributed by atoms with Crippen LogP contribution in [0.3, 0.4) is 0 Å². The van der Waals surface area contributed by atoms with E-state index in [1.54, 1.807) is 24.5 Å². The second-order valence-electron chi connectivity index (χ2n) is 7.59. The number of carbonyl (C=O) groups excluding carboxylic acids is 1. The highest BCUT2D eigenvalue weighted by Gasteiger charge is 2.23. The molecule has 1 aliphatic carbocycles. The Balaban J connectivity index is 1.38. The maximum atomic E-state index is 13.5. The molecule has 2 heterocycles. The van der Waals surface area contributed by atoms with Gasteiger partial charge in [0.15, 0.2) is 11.0 Å². The quantitative estimate of drug-likeness (QED) is 0.419. The summed E-state index contributed by atoms with van der Waals surface area (Å²) < 4.78 is 15.4. The van der Waals surface area contributed by atoms with E-state index < -0.39 is 0 Å². The topological polar surface area (TPSA) is 72.7 Å². The van der Waals surface area contributed by atoms with Crippen molar-refractivity contribution in [1.82, 2.24) is 25.1 Å². The summed E-state index contributed by atoms with van der Waals surface area (Å²) in [6.45, 7) is 0. The number of halogens is 1. The lowest BCUT2D eigenvalue weighted by Crippen LogP contribution is -2.25. The molecule has 0 spiro atoms. The standard InChI is InChI=1S/C24H20FN5OS/c25-19-5-9-21(10-6-19)30-22(17-11-13-26-14-12-17)28-29-24(30)32-15-16-1-3-18(4-2-16)23(31)27-20-7-8-20/h1-6,9-14,20H,7-8,15H2,(H,27,31). The van der Waals surface area contributed by atoms with Crippen LogP contribution in [0.2, 0.25) is 0 Å². The number of hydrogen-bond donors (Lipinski definition) is 1. The Labute approximate surface area is 188 Å². The fourth-order valence-electron chi connectivity index (χ4n) is 3.27. The average Bonchev–Trinajstić information content (AvgIpc) is 3.55. The van der Waals surface area contributed by atoms with Crippen molar-refractivity contribution >= 4 is 17.7 Å². The predicted octanol–water partition coefficient (Wildman–Crippen LogP) is 4.65.